The number of hydrogen-bond acceptors (Lipinski definition) is 6. The number of anilines is 2. The number of benzene rings is 2. The first-order valence-electron chi connectivity index (χ1n) is 10.7. The van der Waals surface area contributed by atoms with Crippen molar-refractivity contribution < 1.29 is 14.4 Å². The molecule has 9 heteroatoms. The Hall–Kier alpha value is -5.10. The summed E-state index contributed by atoms with van der Waals surface area (Å²) in [6, 6.07) is 17.0. The molecule has 0 radical (unpaired) electrons. The summed E-state index contributed by atoms with van der Waals surface area (Å²) >= 11 is 0. The predicted molar refractivity (Wildman–Crippen MR) is 128 cm³/mol. The van der Waals surface area contributed by atoms with Gasteiger partial charge in [0.25, 0.3) is 17.7 Å². The van der Waals surface area contributed by atoms with Crippen molar-refractivity contribution in [3.63, 3.8) is 0 Å². The number of pyridine rings is 1. The molecule has 0 atom stereocenters. The number of nitrogens with one attached hydrogen (secondary N) is 1. The van der Waals surface area contributed by atoms with E-state index in [1.165, 1.54) is 29.1 Å². The molecule has 0 fully saturated rings. The van der Waals surface area contributed by atoms with Crippen LogP contribution in [-0.2, 0) is 0 Å². The van der Waals surface area contributed by atoms with E-state index in [4.69, 9.17) is 0 Å². The first-order chi connectivity index (χ1) is 16.9. The molecule has 3 amide bonds. The summed E-state index contributed by atoms with van der Waals surface area (Å²) in [7, 11) is 0. The summed E-state index contributed by atoms with van der Waals surface area (Å²) in [5.74, 6) is -0.932. The minimum Gasteiger partial charge on any atom is -0.305 e. The lowest BCUT2D eigenvalue weighted by Gasteiger charge is -2.16. The molecule has 0 unspecified atom stereocenters. The highest BCUT2D eigenvalue weighted by Gasteiger charge is 2.37. The van der Waals surface area contributed by atoms with Crippen LogP contribution in [0.2, 0.25) is 0 Å². The monoisotopic (exact) mass is 462 g/mol. The van der Waals surface area contributed by atoms with Gasteiger partial charge in [0, 0.05) is 11.8 Å². The molecule has 35 heavy (non-hydrogen) atoms. The van der Waals surface area contributed by atoms with Crippen molar-refractivity contribution in [3.8, 4) is 11.9 Å². The number of imide groups is 1. The van der Waals surface area contributed by atoms with E-state index in [2.05, 4.69) is 15.4 Å². The lowest BCUT2D eigenvalue weighted by Crippen LogP contribution is -2.30. The molecule has 9 nitrogen and oxygen atoms in total. The molecule has 4 aromatic rings. The number of carbonyl (C=O) groups is 3. The third kappa shape index (κ3) is 3.63. The molecule has 2 aromatic heterocycles. The SMILES string of the molecule is Cc1ccc(N2C(=O)c3ccc(C(=O)Nc4c(C#N)cnn4-c4ccccn4)cc3C2=O)c(C)c1. The van der Waals surface area contributed by atoms with Crippen LogP contribution < -0.4 is 10.2 Å². The van der Waals surface area contributed by atoms with Gasteiger partial charge in [0.05, 0.1) is 23.0 Å². The number of amides is 3. The summed E-state index contributed by atoms with van der Waals surface area (Å²) in [6.45, 7) is 3.77. The molecule has 0 saturated heterocycles. The van der Waals surface area contributed by atoms with Gasteiger partial charge in [-0.05, 0) is 55.8 Å². The van der Waals surface area contributed by atoms with Gasteiger partial charge in [0.1, 0.15) is 11.6 Å². The van der Waals surface area contributed by atoms with Crippen molar-refractivity contribution in [3.05, 3.63) is 100 Å². The number of fused-ring (bicyclic) bond motifs is 1. The Morgan fingerprint density at radius 2 is 1.80 bits per heavy atom. The zero-order valence-corrected chi connectivity index (χ0v) is 18.8. The van der Waals surface area contributed by atoms with Gasteiger partial charge in [-0.1, -0.05) is 23.8 Å². The summed E-state index contributed by atoms with van der Waals surface area (Å²) in [5.41, 5.74) is 2.99. The van der Waals surface area contributed by atoms with Gasteiger partial charge in [0.2, 0.25) is 0 Å². The Balaban J connectivity index is 1.47. The van der Waals surface area contributed by atoms with Crippen molar-refractivity contribution in [1.29, 1.82) is 5.26 Å². The number of nitriles is 1. The Morgan fingerprint density at radius 3 is 2.51 bits per heavy atom. The Bertz CT molecular complexity index is 1570. The lowest BCUT2D eigenvalue weighted by atomic mass is 10.1. The fraction of sp³-hybridized carbons (Fsp3) is 0.0769. The second-order valence-corrected chi connectivity index (χ2v) is 8.07. The van der Waals surface area contributed by atoms with Crippen LogP contribution in [0.5, 0.6) is 0 Å². The van der Waals surface area contributed by atoms with Gasteiger partial charge in [-0.25, -0.2) is 9.88 Å². The highest BCUT2D eigenvalue weighted by atomic mass is 16.2. The summed E-state index contributed by atoms with van der Waals surface area (Å²) in [6.07, 6.45) is 2.90. The van der Waals surface area contributed by atoms with Crippen molar-refractivity contribution >= 4 is 29.2 Å². The van der Waals surface area contributed by atoms with E-state index in [0.717, 1.165) is 16.0 Å². The van der Waals surface area contributed by atoms with Crippen LogP contribution >= 0.6 is 0 Å². The minimum atomic E-state index is -0.563. The molecule has 1 N–H and O–H groups in total. The fourth-order valence-electron chi connectivity index (χ4n) is 4.04. The van der Waals surface area contributed by atoms with E-state index in [1.807, 2.05) is 32.0 Å². The quantitative estimate of drug-likeness (QED) is 0.461. The number of hydrogen-bond donors (Lipinski definition) is 1. The third-order valence-corrected chi connectivity index (χ3v) is 5.73. The molecule has 1 aliphatic rings. The molecule has 5 rings (SSSR count). The summed E-state index contributed by atoms with van der Waals surface area (Å²) in [5, 5.41) is 16.3. The van der Waals surface area contributed by atoms with Crippen molar-refractivity contribution in [1.82, 2.24) is 14.8 Å². The molecule has 2 aromatic carbocycles. The number of nitrogens with zero attached hydrogens (tertiary/aromatic N) is 5. The number of aryl methyl sites for hydroxylation is 2. The highest BCUT2D eigenvalue weighted by Crippen LogP contribution is 2.32. The summed E-state index contributed by atoms with van der Waals surface area (Å²) < 4.78 is 1.35. The molecule has 170 valence electrons. The fourth-order valence-corrected chi connectivity index (χ4v) is 4.04. The molecule has 3 heterocycles. The molecular weight excluding hydrogens is 444 g/mol. The van der Waals surface area contributed by atoms with Crippen LogP contribution in [0.1, 0.15) is 47.8 Å². The standard InChI is InChI=1S/C26H18N6O3/c1-15-6-9-21(16(2)11-15)31-25(34)19-8-7-17(12-20(19)26(31)35)24(33)30-23-18(13-27)14-29-32(23)22-5-3-4-10-28-22/h3-12,14H,1-2H3,(H,30,33). The maximum Gasteiger partial charge on any atom is 0.266 e. The normalized spacial score (nSPS) is 12.4. The van der Waals surface area contributed by atoms with Gasteiger partial charge in [0.15, 0.2) is 11.6 Å². The van der Waals surface area contributed by atoms with Crippen LogP contribution in [0.25, 0.3) is 5.82 Å². The average Bonchev–Trinajstić information content (AvgIpc) is 3.38. The highest BCUT2D eigenvalue weighted by molar-refractivity contribution is 6.35. The van der Waals surface area contributed by atoms with Crippen LogP contribution in [0.3, 0.4) is 0 Å². The van der Waals surface area contributed by atoms with Gasteiger partial charge < -0.3 is 5.32 Å². The maximum absolute atomic E-state index is 13.2. The van der Waals surface area contributed by atoms with Crippen LogP contribution in [-0.4, -0.2) is 32.5 Å². The van der Waals surface area contributed by atoms with Gasteiger partial charge in [-0.15, -0.1) is 0 Å². The zero-order chi connectivity index (χ0) is 24.7. The number of carbonyl (C=O) groups excluding carboxylic acids is 3. The second-order valence-electron chi connectivity index (χ2n) is 8.07. The Kier molecular flexibility index (Phi) is 5.19. The third-order valence-electron chi connectivity index (χ3n) is 5.73. The molecule has 0 spiro atoms. The van der Waals surface area contributed by atoms with Crippen LogP contribution in [0, 0.1) is 25.2 Å². The minimum absolute atomic E-state index is 0.140. The summed E-state index contributed by atoms with van der Waals surface area (Å²) in [4.78, 5) is 44.6. The predicted octanol–water partition coefficient (Wildman–Crippen LogP) is 3.81. The Morgan fingerprint density at radius 1 is 1.00 bits per heavy atom. The van der Waals surface area contributed by atoms with Gasteiger partial charge >= 0.3 is 0 Å². The zero-order valence-electron chi connectivity index (χ0n) is 18.8. The van der Waals surface area contributed by atoms with Crippen LogP contribution in [0.4, 0.5) is 11.5 Å². The number of rotatable bonds is 4. The van der Waals surface area contributed by atoms with E-state index in [1.54, 1.807) is 30.5 Å². The van der Waals surface area contributed by atoms with Crippen molar-refractivity contribution in [2.75, 3.05) is 10.2 Å². The van der Waals surface area contributed by atoms with E-state index in [9.17, 15) is 19.6 Å². The molecule has 0 bridgehead atoms. The molecule has 1 aliphatic heterocycles. The van der Waals surface area contributed by atoms with Gasteiger partial charge in [-0.3, -0.25) is 14.4 Å². The van der Waals surface area contributed by atoms with Gasteiger partial charge in [-0.2, -0.15) is 15.0 Å². The second kappa shape index (κ2) is 8.35. The number of aromatic nitrogens is 3. The van der Waals surface area contributed by atoms with E-state index < -0.39 is 17.7 Å². The Labute approximate surface area is 200 Å². The van der Waals surface area contributed by atoms with Crippen molar-refractivity contribution in [2.24, 2.45) is 0 Å². The smallest absolute Gasteiger partial charge is 0.266 e. The first kappa shape index (κ1) is 21.7. The first-order valence-corrected chi connectivity index (χ1v) is 10.7. The van der Waals surface area contributed by atoms with Crippen LogP contribution in [0.15, 0.2) is 67.0 Å². The molecular formula is C26H18N6O3. The topological polar surface area (TPSA) is 121 Å². The van der Waals surface area contributed by atoms with Crippen molar-refractivity contribution in [2.45, 2.75) is 13.8 Å². The average molecular weight is 462 g/mol. The lowest BCUT2D eigenvalue weighted by molar-refractivity contribution is 0.0925. The molecule has 0 saturated carbocycles. The molecule has 0 aliphatic carbocycles. The van der Waals surface area contributed by atoms with E-state index in [0.29, 0.717) is 11.5 Å². The maximum atomic E-state index is 13.2. The van der Waals surface area contributed by atoms with E-state index in [-0.39, 0.29) is 28.1 Å². The van der Waals surface area contributed by atoms with E-state index >= 15 is 0 Å². The largest absolute Gasteiger partial charge is 0.305 e.